The van der Waals surface area contributed by atoms with Gasteiger partial charge in [0, 0.05) is 23.3 Å². The van der Waals surface area contributed by atoms with Crippen molar-refractivity contribution in [2.75, 3.05) is 0 Å². The van der Waals surface area contributed by atoms with E-state index in [-0.39, 0.29) is 11.9 Å². The van der Waals surface area contributed by atoms with Crippen molar-refractivity contribution in [3.63, 3.8) is 0 Å². The number of aromatic nitrogens is 2. The topological polar surface area (TPSA) is 94.6 Å². The van der Waals surface area contributed by atoms with Crippen LogP contribution in [0.4, 0.5) is 0 Å². The fourth-order valence-corrected chi connectivity index (χ4v) is 3.36. The fourth-order valence-electron chi connectivity index (χ4n) is 3.07. The Hall–Kier alpha value is -2.34. The predicted octanol–water partition coefficient (Wildman–Crippen LogP) is 2.09. The number of nitrogens with two attached hydrogens (primary N) is 2. The van der Waals surface area contributed by atoms with Crippen molar-refractivity contribution in [1.29, 1.82) is 0 Å². The van der Waals surface area contributed by atoms with Crippen LogP contribution >= 0.6 is 11.6 Å². The van der Waals surface area contributed by atoms with Crippen LogP contribution in [0.2, 0.25) is 5.02 Å². The van der Waals surface area contributed by atoms with Gasteiger partial charge >= 0.3 is 0 Å². The Morgan fingerprint density at radius 3 is 2.74 bits per heavy atom. The second-order valence-corrected chi connectivity index (χ2v) is 6.14. The Morgan fingerprint density at radius 2 is 2.04 bits per heavy atom. The van der Waals surface area contributed by atoms with Crippen molar-refractivity contribution in [2.24, 2.45) is 28.7 Å². The number of hydrogen-bond acceptors (Lipinski definition) is 3. The van der Waals surface area contributed by atoms with Gasteiger partial charge in [0.2, 0.25) is 5.96 Å². The maximum atomic E-state index is 6.36. The van der Waals surface area contributed by atoms with Crippen molar-refractivity contribution in [2.45, 2.75) is 25.7 Å². The fraction of sp³-hybridized carbons (Fsp3) is 0.312. The molecule has 0 aliphatic heterocycles. The zero-order valence-electron chi connectivity index (χ0n) is 13.1. The number of halogens is 1. The molecule has 0 saturated heterocycles. The van der Waals surface area contributed by atoms with Gasteiger partial charge in [-0.05, 0) is 37.3 Å². The largest absolute Gasteiger partial charge is 0.369 e. The smallest absolute Gasteiger partial charge is 0.211 e. The summed E-state index contributed by atoms with van der Waals surface area (Å²) < 4.78 is 1.87. The third kappa shape index (κ3) is 2.94. The molecule has 0 bridgehead atoms. The molecule has 0 saturated carbocycles. The van der Waals surface area contributed by atoms with Gasteiger partial charge in [-0.2, -0.15) is 10.2 Å². The van der Waals surface area contributed by atoms with Gasteiger partial charge in [-0.25, -0.2) is 0 Å². The number of rotatable bonds is 2. The van der Waals surface area contributed by atoms with E-state index in [9.17, 15) is 0 Å². The summed E-state index contributed by atoms with van der Waals surface area (Å²) in [5.41, 5.74) is 15.9. The molecule has 0 fully saturated rings. The van der Waals surface area contributed by atoms with E-state index >= 15 is 0 Å². The molecule has 120 valence electrons. The lowest BCUT2D eigenvalue weighted by Gasteiger charge is -2.23. The van der Waals surface area contributed by atoms with Crippen molar-refractivity contribution in [3.8, 4) is 0 Å². The van der Waals surface area contributed by atoms with Crippen LogP contribution in [0.5, 0.6) is 0 Å². The first-order chi connectivity index (χ1) is 11.0. The third-order valence-corrected chi connectivity index (χ3v) is 4.55. The van der Waals surface area contributed by atoms with Crippen LogP contribution < -0.4 is 11.5 Å². The van der Waals surface area contributed by atoms with Gasteiger partial charge in [0.25, 0.3) is 0 Å². The maximum Gasteiger partial charge on any atom is 0.211 e. The van der Waals surface area contributed by atoms with Crippen molar-refractivity contribution in [3.05, 3.63) is 51.8 Å². The van der Waals surface area contributed by atoms with E-state index in [0.717, 1.165) is 46.1 Å². The van der Waals surface area contributed by atoms with E-state index in [2.05, 4.69) is 15.3 Å². The van der Waals surface area contributed by atoms with Gasteiger partial charge in [0.05, 0.1) is 11.4 Å². The molecule has 1 unspecified atom stereocenters. The summed E-state index contributed by atoms with van der Waals surface area (Å²) in [6.07, 6.45) is 1.54. The van der Waals surface area contributed by atoms with Crippen LogP contribution in [0.3, 0.4) is 0 Å². The molecule has 0 spiro atoms. The quantitative estimate of drug-likeness (QED) is 0.501. The zero-order chi connectivity index (χ0) is 16.6. The summed E-state index contributed by atoms with van der Waals surface area (Å²) in [6.45, 7) is 2.02. The second kappa shape index (κ2) is 6.04. The molecule has 23 heavy (non-hydrogen) atoms. The van der Waals surface area contributed by atoms with Crippen LogP contribution in [-0.2, 0) is 13.5 Å². The number of hydrogen-bond donors (Lipinski definition) is 2. The molecule has 1 aliphatic carbocycles. The zero-order valence-corrected chi connectivity index (χ0v) is 13.9. The van der Waals surface area contributed by atoms with Crippen LogP contribution in [0.1, 0.15) is 34.9 Å². The van der Waals surface area contributed by atoms with Crippen molar-refractivity contribution < 1.29 is 0 Å². The molecule has 1 heterocycles. The third-order valence-electron chi connectivity index (χ3n) is 4.21. The van der Waals surface area contributed by atoms with E-state index < -0.39 is 0 Å². The van der Waals surface area contributed by atoms with Gasteiger partial charge in [-0.15, -0.1) is 5.10 Å². The minimum Gasteiger partial charge on any atom is -0.369 e. The first-order valence-corrected chi connectivity index (χ1v) is 7.78. The van der Waals surface area contributed by atoms with Gasteiger partial charge in [0.15, 0.2) is 0 Å². The molecule has 1 aliphatic rings. The number of aryl methyl sites for hydroxylation is 1. The highest BCUT2D eigenvalue weighted by Crippen LogP contribution is 2.36. The van der Waals surface area contributed by atoms with Crippen LogP contribution in [-0.4, -0.2) is 21.5 Å². The molecular formula is C16H19ClN6. The Kier molecular flexibility index (Phi) is 4.09. The summed E-state index contributed by atoms with van der Waals surface area (Å²) in [5, 5.41) is 13.5. The van der Waals surface area contributed by atoms with Crippen LogP contribution in [0.15, 0.2) is 34.5 Å². The average Bonchev–Trinajstić information content (AvgIpc) is 2.80. The Balaban J connectivity index is 2.08. The summed E-state index contributed by atoms with van der Waals surface area (Å²) >= 11 is 6.36. The Bertz CT molecular complexity index is 801. The van der Waals surface area contributed by atoms with E-state index in [1.165, 1.54) is 0 Å². The van der Waals surface area contributed by atoms with E-state index in [0.29, 0.717) is 0 Å². The monoisotopic (exact) mass is 330 g/mol. The predicted molar refractivity (Wildman–Crippen MR) is 92.8 cm³/mol. The standard InChI is InChI=1S/C16H19ClN6/c1-9-15-13(20-21-16(18)19)7-10(8-14(15)22-23(9)2)11-5-3-4-6-12(11)17/h3-6,10H,7-8H2,1-2H3,(H4,18,19,21). The normalized spacial score (nSPS) is 18.7. The summed E-state index contributed by atoms with van der Waals surface area (Å²) in [6, 6.07) is 7.88. The SMILES string of the molecule is Cc1c2c(nn1C)CC(c1ccccc1Cl)CC2=NN=C(N)N. The first kappa shape index (κ1) is 15.6. The van der Waals surface area contributed by atoms with E-state index in [4.69, 9.17) is 23.1 Å². The van der Waals surface area contributed by atoms with Crippen LogP contribution in [0.25, 0.3) is 0 Å². The van der Waals surface area contributed by atoms with Gasteiger partial charge in [0.1, 0.15) is 0 Å². The molecule has 6 nitrogen and oxygen atoms in total. The average molecular weight is 331 g/mol. The highest BCUT2D eigenvalue weighted by molar-refractivity contribution is 6.31. The van der Waals surface area contributed by atoms with Crippen molar-refractivity contribution >= 4 is 23.3 Å². The molecule has 1 atom stereocenters. The summed E-state index contributed by atoms with van der Waals surface area (Å²) in [5.74, 6) is 0.152. The number of benzene rings is 1. The number of fused-ring (bicyclic) bond motifs is 1. The Labute approximate surface area is 139 Å². The van der Waals surface area contributed by atoms with Crippen molar-refractivity contribution in [1.82, 2.24) is 9.78 Å². The van der Waals surface area contributed by atoms with Gasteiger partial charge < -0.3 is 11.5 Å². The highest BCUT2D eigenvalue weighted by atomic mass is 35.5. The lowest BCUT2D eigenvalue weighted by molar-refractivity contribution is 0.658. The van der Waals surface area contributed by atoms with Gasteiger partial charge in [-0.1, -0.05) is 29.8 Å². The highest BCUT2D eigenvalue weighted by Gasteiger charge is 2.30. The molecule has 7 heteroatoms. The lowest BCUT2D eigenvalue weighted by Crippen LogP contribution is -2.23. The lowest BCUT2D eigenvalue weighted by atomic mass is 9.81. The van der Waals surface area contributed by atoms with Gasteiger partial charge in [-0.3, -0.25) is 4.68 Å². The summed E-state index contributed by atoms with van der Waals surface area (Å²) in [7, 11) is 1.93. The number of nitrogens with zero attached hydrogens (tertiary/aromatic N) is 4. The van der Waals surface area contributed by atoms with Crippen LogP contribution in [0, 0.1) is 6.92 Å². The molecule has 0 amide bonds. The first-order valence-electron chi connectivity index (χ1n) is 7.40. The van der Waals surface area contributed by atoms with E-state index in [1.54, 1.807) is 0 Å². The second-order valence-electron chi connectivity index (χ2n) is 5.73. The Morgan fingerprint density at radius 1 is 1.30 bits per heavy atom. The summed E-state index contributed by atoms with van der Waals surface area (Å²) in [4.78, 5) is 0. The minimum absolute atomic E-state index is 0.0551. The number of guanidine groups is 1. The molecule has 1 aromatic heterocycles. The minimum atomic E-state index is -0.0551. The molecule has 0 radical (unpaired) electrons. The molecule has 1 aromatic carbocycles. The van der Waals surface area contributed by atoms with E-state index in [1.807, 2.05) is 42.9 Å². The molecular weight excluding hydrogens is 312 g/mol. The molecule has 2 aromatic rings. The maximum absolute atomic E-state index is 6.36. The molecule has 3 rings (SSSR count). The molecule has 4 N–H and O–H groups in total.